The highest BCUT2D eigenvalue weighted by Gasteiger charge is 2.31. The number of hydrogen-bond acceptors (Lipinski definition) is 3. The number of halogens is 1. The number of benzene rings is 2. The van der Waals surface area contributed by atoms with Crippen molar-refractivity contribution >= 4 is 33.0 Å². The lowest BCUT2D eigenvalue weighted by atomic mass is 10.1. The maximum atomic E-state index is 13.1. The molecule has 0 aliphatic carbocycles. The van der Waals surface area contributed by atoms with E-state index in [-0.39, 0.29) is 16.2 Å². The summed E-state index contributed by atoms with van der Waals surface area (Å²) >= 11 is 0.733. The Morgan fingerprint density at radius 1 is 1.08 bits per heavy atom. The fraction of sp³-hybridized carbons (Fsp3) is 0.158. The zero-order valence-corrected chi connectivity index (χ0v) is 14.1. The summed E-state index contributed by atoms with van der Waals surface area (Å²) in [5, 5.41) is 3.34. The SMILES string of the molecule is O=C1NC(Cc2cn(Cc3ccc(F)cc3)c3ccccc23)C(=O)S1. The van der Waals surface area contributed by atoms with Crippen molar-refractivity contribution in [2.45, 2.75) is 19.0 Å². The van der Waals surface area contributed by atoms with Crippen LogP contribution in [0.1, 0.15) is 11.1 Å². The second kappa shape index (κ2) is 6.37. The lowest BCUT2D eigenvalue weighted by Crippen LogP contribution is -2.30. The number of nitrogens with one attached hydrogen (secondary N) is 1. The van der Waals surface area contributed by atoms with Crippen LogP contribution in [-0.2, 0) is 17.8 Å². The van der Waals surface area contributed by atoms with Crippen molar-refractivity contribution in [3.8, 4) is 0 Å². The third-order valence-electron chi connectivity index (χ3n) is 4.33. The van der Waals surface area contributed by atoms with Gasteiger partial charge in [-0.05, 0) is 29.3 Å². The van der Waals surface area contributed by atoms with E-state index < -0.39 is 6.04 Å². The Bertz CT molecular complexity index is 965. The van der Waals surface area contributed by atoms with Crippen LogP contribution in [0.25, 0.3) is 10.9 Å². The molecule has 0 radical (unpaired) electrons. The van der Waals surface area contributed by atoms with Gasteiger partial charge in [-0.25, -0.2) is 4.39 Å². The van der Waals surface area contributed by atoms with Crippen molar-refractivity contribution in [1.29, 1.82) is 0 Å². The molecule has 1 unspecified atom stereocenters. The molecule has 1 N–H and O–H groups in total. The lowest BCUT2D eigenvalue weighted by Gasteiger charge is -2.06. The number of nitrogens with zero attached hydrogens (tertiary/aromatic N) is 1. The Hall–Kier alpha value is -2.60. The van der Waals surface area contributed by atoms with Gasteiger partial charge < -0.3 is 9.88 Å². The summed E-state index contributed by atoms with van der Waals surface area (Å²) in [4.78, 5) is 23.3. The van der Waals surface area contributed by atoms with Crippen molar-refractivity contribution in [3.63, 3.8) is 0 Å². The fourth-order valence-electron chi connectivity index (χ4n) is 3.15. The van der Waals surface area contributed by atoms with Gasteiger partial charge in [0.1, 0.15) is 11.9 Å². The molecule has 0 saturated carbocycles. The fourth-order valence-corrected chi connectivity index (χ4v) is 3.82. The van der Waals surface area contributed by atoms with Crippen LogP contribution in [0, 0.1) is 5.82 Å². The van der Waals surface area contributed by atoms with Crippen molar-refractivity contribution in [2.24, 2.45) is 0 Å². The first-order chi connectivity index (χ1) is 12.1. The minimum Gasteiger partial charge on any atom is -0.343 e. The Kier molecular flexibility index (Phi) is 4.05. The molecule has 25 heavy (non-hydrogen) atoms. The van der Waals surface area contributed by atoms with Gasteiger partial charge in [-0.3, -0.25) is 9.59 Å². The predicted molar refractivity (Wildman–Crippen MR) is 96.1 cm³/mol. The van der Waals surface area contributed by atoms with E-state index in [2.05, 4.69) is 9.88 Å². The molecule has 1 fully saturated rings. The second-order valence-electron chi connectivity index (χ2n) is 6.04. The summed E-state index contributed by atoms with van der Waals surface area (Å²) in [7, 11) is 0. The number of thioether (sulfide) groups is 1. The summed E-state index contributed by atoms with van der Waals surface area (Å²) in [5.74, 6) is -0.255. The minimum absolute atomic E-state index is 0.139. The summed E-state index contributed by atoms with van der Waals surface area (Å²) < 4.78 is 15.2. The summed E-state index contributed by atoms with van der Waals surface area (Å²) in [6.07, 6.45) is 2.48. The zero-order valence-electron chi connectivity index (χ0n) is 13.2. The molecular weight excluding hydrogens is 339 g/mol. The molecule has 1 atom stereocenters. The molecule has 1 saturated heterocycles. The van der Waals surface area contributed by atoms with E-state index in [0.29, 0.717) is 13.0 Å². The molecule has 1 aliphatic heterocycles. The van der Waals surface area contributed by atoms with Gasteiger partial charge in [-0.2, -0.15) is 0 Å². The number of carbonyl (C=O) groups is 2. The van der Waals surface area contributed by atoms with E-state index in [9.17, 15) is 14.0 Å². The van der Waals surface area contributed by atoms with Crippen molar-refractivity contribution in [3.05, 3.63) is 71.7 Å². The van der Waals surface area contributed by atoms with E-state index in [4.69, 9.17) is 0 Å². The van der Waals surface area contributed by atoms with Gasteiger partial charge in [0.25, 0.3) is 5.24 Å². The molecule has 4 nitrogen and oxygen atoms in total. The molecule has 6 heteroatoms. The Morgan fingerprint density at radius 3 is 2.56 bits per heavy atom. The zero-order chi connectivity index (χ0) is 17.4. The van der Waals surface area contributed by atoms with Crippen LogP contribution in [0.3, 0.4) is 0 Å². The topological polar surface area (TPSA) is 51.1 Å². The van der Waals surface area contributed by atoms with E-state index in [1.807, 2.05) is 30.5 Å². The van der Waals surface area contributed by atoms with Crippen molar-refractivity contribution < 1.29 is 14.0 Å². The molecule has 0 spiro atoms. The highest BCUT2D eigenvalue weighted by atomic mass is 32.2. The van der Waals surface area contributed by atoms with Crippen LogP contribution in [-0.4, -0.2) is 21.0 Å². The average molecular weight is 354 g/mol. The van der Waals surface area contributed by atoms with E-state index in [1.54, 1.807) is 12.1 Å². The molecule has 0 bridgehead atoms. The van der Waals surface area contributed by atoms with Gasteiger partial charge in [0.15, 0.2) is 0 Å². The molecule has 2 aromatic carbocycles. The molecule has 3 aromatic rings. The summed E-state index contributed by atoms with van der Waals surface area (Å²) in [6, 6.07) is 13.9. The lowest BCUT2D eigenvalue weighted by molar-refractivity contribution is -0.112. The highest BCUT2D eigenvalue weighted by Crippen LogP contribution is 2.26. The molecular formula is C19H15FN2O2S. The number of rotatable bonds is 4. The number of hydrogen-bond donors (Lipinski definition) is 1. The van der Waals surface area contributed by atoms with Gasteiger partial charge in [-0.15, -0.1) is 0 Å². The van der Waals surface area contributed by atoms with E-state index in [0.717, 1.165) is 33.8 Å². The normalized spacial score (nSPS) is 17.2. The van der Waals surface area contributed by atoms with Crippen LogP contribution < -0.4 is 5.32 Å². The molecule has 4 rings (SSSR count). The quantitative estimate of drug-likeness (QED) is 0.777. The molecule has 1 amide bonds. The summed E-state index contributed by atoms with van der Waals surface area (Å²) in [6.45, 7) is 0.612. The van der Waals surface area contributed by atoms with Crippen LogP contribution in [0.4, 0.5) is 9.18 Å². The van der Waals surface area contributed by atoms with Crippen LogP contribution in [0.2, 0.25) is 0 Å². The Morgan fingerprint density at radius 2 is 1.84 bits per heavy atom. The predicted octanol–water partition coefficient (Wildman–Crippen LogP) is 3.72. The monoisotopic (exact) mass is 354 g/mol. The smallest absolute Gasteiger partial charge is 0.287 e. The Balaban J connectivity index is 1.67. The highest BCUT2D eigenvalue weighted by molar-refractivity contribution is 8.26. The molecule has 1 aliphatic rings. The second-order valence-corrected chi connectivity index (χ2v) is 7.01. The number of fused-ring (bicyclic) bond motifs is 1. The van der Waals surface area contributed by atoms with Crippen molar-refractivity contribution in [1.82, 2.24) is 9.88 Å². The van der Waals surface area contributed by atoms with E-state index >= 15 is 0 Å². The van der Waals surface area contributed by atoms with Gasteiger partial charge in [0, 0.05) is 41.8 Å². The minimum atomic E-state index is -0.484. The summed E-state index contributed by atoms with van der Waals surface area (Å²) in [5.41, 5.74) is 3.06. The maximum Gasteiger partial charge on any atom is 0.287 e. The third kappa shape index (κ3) is 3.17. The number of aromatic nitrogens is 1. The van der Waals surface area contributed by atoms with Gasteiger partial charge in [0.2, 0.25) is 5.12 Å². The third-order valence-corrected chi connectivity index (χ3v) is 5.12. The van der Waals surface area contributed by atoms with Crippen LogP contribution in [0.15, 0.2) is 54.7 Å². The van der Waals surface area contributed by atoms with E-state index in [1.165, 1.54) is 12.1 Å². The first-order valence-electron chi connectivity index (χ1n) is 7.93. The van der Waals surface area contributed by atoms with Gasteiger partial charge >= 0.3 is 0 Å². The number of amides is 1. The van der Waals surface area contributed by atoms with Crippen molar-refractivity contribution in [2.75, 3.05) is 0 Å². The Labute approximate surface area is 148 Å². The molecule has 2 heterocycles. The van der Waals surface area contributed by atoms with Gasteiger partial charge in [-0.1, -0.05) is 30.3 Å². The standard InChI is InChI=1S/C19H15FN2O2S/c20-14-7-5-12(6-8-14)10-22-11-13(15-3-1-2-4-17(15)22)9-16-18(23)25-19(24)21-16/h1-8,11,16H,9-10H2,(H,21,24). The maximum absolute atomic E-state index is 13.1. The first-order valence-corrected chi connectivity index (χ1v) is 8.75. The molecule has 1 aromatic heterocycles. The average Bonchev–Trinajstić information content (AvgIpc) is 3.10. The first kappa shape index (κ1) is 15.9. The number of carbonyl (C=O) groups excluding carboxylic acids is 2. The largest absolute Gasteiger partial charge is 0.343 e. The molecule has 126 valence electrons. The van der Waals surface area contributed by atoms with Crippen LogP contribution in [0.5, 0.6) is 0 Å². The number of para-hydroxylation sites is 1. The van der Waals surface area contributed by atoms with Gasteiger partial charge in [0.05, 0.1) is 0 Å². The van der Waals surface area contributed by atoms with Crippen LogP contribution >= 0.6 is 11.8 Å².